The second kappa shape index (κ2) is 9.85. The molecule has 0 spiro atoms. The van der Waals surface area contributed by atoms with Crippen LogP contribution < -0.4 is 10.5 Å². The highest BCUT2D eigenvalue weighted by Crippen LogP contribution is 2.25. The molecular formula is C22H20F2N8O3. The van der Waals surface area contributed by atoms with Crippen LogP contribution in [0.15, 0.2) is 69.4 Å². The standard InChI is InChI=1S/C22H20F2N8O3/c23-18(24)19-27-16-3-1-2-4-17(16)32(19)30-22(28-21(25)31-9-11-33-12-10-31)35-15-7-5-14(6-8-15)20-29-26-13-34-20/h1-8,13,18H,9-12H2,(H2,25,28,30). The molecule has 5 rings (SSSR count). The third kappa shape index (κ3) is 4.94. The van der Waals surface area contributed by atoms with Gasteiger partial charge in [-0.25, -0.2) is 18.4 Å². The van der Waals surface area contributed by atoms with Crippen LogP contribution in [0.25, 0.3) is 22.5 Å². The van der Waals surface area contributed by atoms with Gasteiger partial charge in [0.15, 0.2) is 5.82 Å². The summed E-state index contributed by atoms with van der Waals surface area (Å²) in [7, 11) is 0. The number of nitrogens with two attached hydrogens (primary N) is 1. The van der Waals surface area contributed by atoms with Crippen LogP contribution in [0.3, 0.4) is 0 Å². The zero-order valence-corrected chi connectivity index (χ0v) is 18.3. The highest BCUT2D eigenvalue weighted by molar-refractivity contribution is 5.92. The first kappa shape index (κ1) is 22.4. The van der Waals surface area contributed by atoms with E-state index in [2.05, 4.69) is 25.3 Å². The molecule has 2 aromatic heterocycles. The molecule has 0 bridgehead atoms. The number of hydrogen-bond donors (Lipinski definition) is 1. The maximum Gasteiger partial charge on any atom is 0.343 e. The predicted molar refractivity (Wildman–Crippen MR) is 122 cm³/mol. The topological polar surface area (TPSA) is 129 Å². The van der Waals surface area contributed by atoms with Crippen LogP contribution in [0.5, 0.6) is 5.75 Å². The van der Waals surface area contributed by atoms with Crippen LogP contribution in [0.2, 0.25) is 0 Å². The smallest absolute Gasteiger partial charge is 0.343 e. The Morgan fingerprint density at radius 3 is 2.57 bits per heavy atom. The molecule has 0 unspecified atom stereocenters. The fourth-order valence-corrected chi connectivity index (χ4v) is 3.46. The molecular weight excluding hydrogens is 462 g/mol. The van der Waals surface area contributed by atoms with Crippen LogP contribution in [-0.2, 0) is 4.74 Å². The van der Waals surface area contributed by atoms with Gasteiger partial charge in [0.05, 0.1) is 24.2 Å². The van der Waals surface area contributed by atoms with Crippen molar-refractivity contribution < 1.29 is 22.7 Å². The van der Waals surface area contributed by atoms with Crippen molar-refractivity contribution in [3.63, 3.8) is 0 Å². The van der Waals surface area contributed by atoms with Gasteiger partial charge in [-0.3, -0.25) is 0 Å². The number of para-hydroxylation sites is 2. The Bertz CT molecular complexity index is 1350. The van der Waals surface area contributed by atoms with E-state index in [0.717, 1.165) is 4.68 Å². The number of aliphatic imine (C=N–C) groups is 1. The van der Waals surface area contributed by atoms with E-state index in [4.69, 9.17) is 19.6 Å². The highest BCUT2D eigenvalue weighted by Gasteiger charge is 2.21. The molecule has 180 valence electrons. The van der Waals surface area contributed by atoms with Crippen molar-refractivity contribution in [1.29, 1.82) is 0 Å². The zero-order chi connectivity index (χ0) is 24.2. The number of benzene rings is 2. The maximum atomic E-state index is 13.8. The first-order valence-corrected chi connectivity index (χ1v) is 10.6. The third-order valence-electron chi connectivity index (χ3n) is 5.16. The maximum absolute atomic E-state index is 13.8. The van der Waals surface area contributed by atoms with Crippen molar-refractivity contribution >= 4 is 23.0 Å². The number of rotatable bonds is 4. The monoisotopic (exact) mass is 482 g/mol. The molecule has 2 aromatic carbocycles. The molecule has 0 amide bonds. The average molecular weight is 482 g/mol. The van der Waals surface area contributed by atoms with Crippen molar-refractivity contribution in [2.75, 3.05) is 26.3 Å². The fraction of sp³-hybridized carbons (Fsp3) is 0.227. The first-order valence-electron chi connectivity index (χ1n) is 10.6. The quantitative estimate of drug-likeness (QED) is 0.347. The van der Waals surface area contributed by atoms with Crippen molar-refractivity contribution in [1.82, 2.24) is 24.8 Å². The lowest BCUT2D eigenvalue weighted by Crippen LogP contribution is -2.45. The molecule has 1 aliphatic heterocycles. The van der Waals surface area contributed by atoms with Gasteiger partial charge >= 0.3 is 6.02 Å². The molecule has 0 aliphatic carbocycles. The minimum atomic E-state index is -2.87. The molecule has 1 fully saturated rings. The number of aromatic nitrogens is 4. The van der Waals surface area contributed by atoms with Gasteiger partial charge in [-0.15, -0.1) is 15.3 Å². The van der Waals surface area contributed by atoms with Gasteiger partial charge in [0, 0.05) is 18.7 Å². The lowest BCUT2D eigenvalue weighted by molar-refractivity contribution is 0.0675. The lowest BCUT2D eigenvalue weighted by Gasteiger charge is -2.27. The summed E-state index contributed by atoms with van der Waals surface area (Å²) < 4.78 is 45.0. The van der Waals surface area contributed by atoms with Crippen LogP contribution >= 0.6 is 0 Å². The normalized spacial score (nSPS) is 15.2. The van der Waals surface area contributed by atoms with Crippen LogP contribution in [0, 0.1) is 0 Å². The van der Waals surface area contributed by atoms with E-state index in [1.165, 1.54) is 6.39 Å². The summed E-state index contributed by atoms with van der Waals surface area (Å²) >= 11 is 0. The summed E-state index contributed by atoms with van der Waals surface area (Å²) in [4.78, 5) is 10.1. The first-order chi connectivity index (χ1) is 17.1. The molecule has 1 aliphatic rings. The summed E-state index contributed by atoms with van der Waals surface area (Å²) in [5.41, 5.74) is 7.59. The summed E-state index contributed by atoms with van der Waals surface area (Å²) in [6, 6.07) is 13.1. The van der Waals surface area contributed by atoms with Gasteiger partial charge < -0.3 is 24.5 Å². The van der Waals surface area contributed by atoms with E-state index in [-0.39, 0.29) is 12.0 Å². The molecule has 3 heterocycles. The van der Waals surface area contributed by atoms with E-state index in [1.807, 2.05) is 0 Å². The Morgan fingerprint density at radius 2 is 1.86 bits per heavy atom. The number of amidine groups is 1. The van der Waals surface area contributed by atoms with Crippen molar-refractivity contribution in [3.05, 3.63) is 60.7 Å². The molecule has 1 saturated heterocycles. The Morgan fingerprint density at radius 1 is 1.09 bits per heavy atom. The number of morpholine rings is 1. The third-order valence-corrected chi connectivity index (χ3v) is 5.16. The number of nitrogens with zero attached hydrogens (tertiary/aromatic N) is 7. The number of alkyl halides is 2. The highest BCUT2D eigenvalue weighted by atomic mass is 19.3. The Balaban J connectivity index is 1.53. The Kier molecular flexibility index (Phi) is 6.30. The van der Waals surface area contributed by atoms with Crippen molar-refractivity contribution in [2.24, 2.45) is 15.8 Å². The summed E-state index contributed by atoms with van der Waals surface area (Å²) in [6.07, 6.45) is -1.65. The lowest BCUT2D eigenvalue weighted by atomic mass is 10.2. The predicted octanol–water partition coefficient (Wildman–Crippen LogP) is 2.87. The minimum absolute atomic E-state index is 0.123. The van der Waals surface area contributed by atoms with Gasteiger partial charge in [-0.05, 0) is 36.4 Å². The SMILES string of the molecule is NC(=NC(=Nn1c(C(F)F)nc2ccccc21)Oc1ccc(-c2nnco2)cc1)N1CCOCC1. The van der Waals surface area contributed by atoms with E-state index in [0.29, 0.717) is 54.5 Å². The fourth-order valence-electron chi connectivity index (χ4n) is 3.46. The number of imidazole rings is 1. The van der Waals surface area contributed by atoms with Gasteiger partial charge in [0.1, 0.15) is 5.75 Å². The minimum Gasteiger partial charge on any atom is -0.423 e. The Labute approximate surface area is 197 Å². The van der Waals surface area contributed by atoms with E-state index >= 15 is 0 Å². The van der Waals surface area contributed by atoms with Crippen LogP contribution in [0.1, 0.15) is 12.2 Å². The summed E-state index contributed by atoms with van der Waals surface area (Å²) in [5.74, 6) is 0.261. The van der Waals surface area contributed by atoms with Crippen LogP contribution in [-0.4, -0.2) is 63.0 Å². The number of fused-ring (bicyclic) bond motifs is 1. The second-order valence-electron chi connectivity index (χ2n) is 7.39. The molecule has 4 aromatic rings. The number of hydrogen-bond acceptors (Lipinski definition) is 7. The van der Waals surface area contributed by atoms with Gasteiger partial charge in [-0.2, -0.15) is 4.99 Å². The average Bonchev–Trinajstić information content (AvgIpc) is 3.54. The molecule has 35 heavy (non-hydrogen) atoms. The van der Waals surface area contributed by atoms with Gasteiger partial charge in [-0.1, -0.05) is 12.1 Å². The van der Waals surface area contributed by atoms with Gasteiger partial charge in [0.25, 0.3) is 6.43 Å². The van der Waals surface area contributed by atoms with E-state index in [9.17, 15) is 8.78 Å². The molecule has 13 heteroatoms. The van der Waals surface area contributed by atoms with Gasteiger partial charge in [0.2, 0.25) is 18.2 Å². The molecule has 0 radical (unpaired) electrons. The molecule has 0 saturated carbocycles. The molecule has 0 atom stereocenters. The van der Waals surface area contributed by atoms with Crippen molar-refractivity contribution in [3.8, 4) is 17.2 Å². The summed E-state index contributed by atoms with van der Waals surface area (Å²) in [6.45, 7) is 2.03. The van der Waals surface area contributed by atoms with E-state index in [1.54, 1.807) is 53.4 Å². The second-order valence-corrected chi connectivity index (χ2v) is 7.39. The summed E-state index contributed by atoms with van der Waals surface area (Å²) in [5, 5.41) is 11.8. The number of ether oxygens (including phenoxy) is 2. The largest absolute Gasteiger partial charge is 0.423 e. The Hall–Kier alpha value is -4.39. The van der Waals surface area contributed by atoms with Crippen LogP contribution in [0.4, 0.5) is 8.78 Å². The van der Waals surface area contributed by atoms with E-state index < -0.39 is 12.2 Å². The van der Waals surface area contributed by atoms with Crippen molar-refractivity contribution in [2.45, 2.75) is 6.43 Å². The molecule has 11 nitrogen and oxygen atoms in total. The molecule has 2 N–H and O–H groups in total. The number of halogens is 2. The zero-order valence-electron chi connectivity index (χ0n) is 18.3. The number of guanidine groups is 1.